The lowest BCUT2D eigenvalue weighted by Crippen LogP contribution is -2.41. The van der Waals surface area contributed by atoms with Crippen LogP contribution in [0, 0.1) is 0 Å². The zero-order chi connectivity index (χ0) is 37.3. The molecule has 4 aromatic rings. The van der Waals surface area contributed by atoms with E-state index >= 15 is 0 Å². The summed E-state index contributed by atoms with van der Waals surface area (Å²) in [6.45, 7) is 26.3. The zero-order valence-electron chi connectivity index (χ0n) is 32.2. The maximum atomic E-state index is 6.37. The van der Waals surface area contributed by atoms with Crippen molar-refractivity contribution in [1.29, 1.82) is 0 Å². The normalized spacial score (nSPS) is 17.2. The fourth-order valence-electron chi connectivity index (χ4n) is 7.24. The Hall–Kier alpha value is -4.90. The molecular weight excluding hydrogens is 633 g/mol. The topological polar surface area (TPSA) is 21.7 Å². The third kappa shape index (κ3) is 6.98. The first-order valence-electron chi connectivity index (χ1n) is 18.4. The summed E-state index contributed by atoms with van der Waals surface area (Å²) >= 11 is 0. The standard InChI is InChI=1S/C48H52BNO2/c1-11-13-14-21-34(3)40-26-16-18-29-45(40)50(39-30-31-42-41-27-15-17-28-43(41)46(5,6)44(42)33-39)35(4)22-19-23-36(12-2)37-24-20-25-38(32-37)49-51-47(7,8)48(9,10)52-49/h11,13-33H,3-4,12H2,1-2,5-10H3/b13-11-,21-14-,22-19-,36-23+. The number of anilines is 2. The molecule has 0 unspecified atom stereocenters. The van der Waals surface area contributed by atoms with Gasteiger partial charge >= 0.3 is 7.12 Å². The van der Waals surface area contributed by atoms with E-state index in [0.29, 0.717) is 0 Å². The van der Waals surface area contributed by atoms with Crippen molar-refractivity contribution in [3.63, 3.8) is 0 Å². The van der Waals surface area contributed by atoms with Gasteiger partial charge in [0.15, 0.2) is 0 Å². The Morgan fingerprint density at radius 3 is 2.15 bits per heavy atom. The number of fused-ring (bicyclic) bond motifs is 3. The van der Waals surface area contributed by atoms with Gasteiger partial charge in [-0.15, -0.1) is 0 Å². The van der Waals surface area contributed by atoms with Crippen LogP contribution >= 0.6 is 0 Å². The molecule has 0 N–H and O–H groups in total. The molecule has 4 heteroatoms. The average molecular weight is 686 g/mol. The van der Waals surface area contributed by atoms with Crippen LogP contribution in [0.2, 0.25) is 0 Å². The highest BCUT2D eigenvalue weighted by Gasteiger charge is 2.51. The summed E-state index contributed by atoms with van der Waals surface area (Å²) in [5.74, 6) is 0. The van der Waals surface area contributed by atoms with E-state index < -0.39 is 18.3 Å². The summed E-state index contributed by atoms with van der Waals surface area (Å²) in [5, 5.41) is 0. The zero-order valence-corrected chi connectivity index (χ0v) is 32.2. The first-order chi connectivity index (χ1) is 24.8. The van der Waals surface area contributed by atoms with Gasteiger partial charge < -0.3 is 14.2 Å². The first-order valence-corrected chi connectivity index (χ1v) is 18.4. The molecule has 1 fully saturated rings. The lowest BCUT2D eigenvalue weighted by Gasteiger charge is -2.32. The Balaban J connectivity index is 1.37. The number of hydrogen-bond donors (Lipinski definition) is 0. The second kappa shape index (κ2) is 14.6. The summed E-state index contributed by atoms with van der Waals surface area (Å²) in [7, 11) is -0.403. The second-order valence-electron chi connectivity index (χ2n) is 15.3. The Morgan fingerprint density at radius 2 is 1.42 bits per heavy atom. The van der Waals surface area contributed by atoms with Gasteiger partial charge in [0.1, 0.15) is 0 Å². The van der Waals surface area contributed by atoms with Crippen molar-refractivity contribution in [3.05, 3.63) is 175 Å². The van der Waals surface area contributed by atoms with Gasteiger partial charge in [-0.3, -0.25) is 0 Å². The molecule has 0 amide bonds. The average Bonchev–Trinajstić information content (AvgIpc) is 3.50. The van der Waals surface area contributed by atoms with Crippen LogP contribution in [0.1, 0.15) is 84.1 Å². The molecular formula is C48H52BNO2. The van der Waals surface area contributed by atoms with Crippen LogP contribution in [0.3, 0.4) is 0 Å². The first kappa shape index (κ1) is 36.9. The van der Waals surface area contributed by atoms with E-state index in [2.05, 4.69) is 182 Å². The maximum absolute atomic E-state index is 6.37. The van der Waals surface area contributed by atoms with Gasteiger partial charge in [0.2, 0.25) is 0 Å². The molecule has 2 aliphatic rings. The number of rotatable bonds is 11. The molecule has 3 nitrogen and oxygen atoms in total. The number of allylic oxidation sites excluding steroid dienone is 9. The molecule has 1 aliphatic carbocycles. The highest BCUT2D eigenvalue weighted by Crippen LogP contribution is 2.50. The summed E-state index contributed by atoms with van der Waals surface area (Å²) in [4.78, 5) is 2.26. The van der Waals surface area contributed by atoms with E-state index in [0.717, 1.165) is 45.7 Å². The monoisotopic (exact) mass is 685 g/mol. The molecule has 0 atom stereocenters. The molecule has 4 aromatic carbocycles. The van der Waals surface area contributed by atoms with Gasteiger partial charge in [-0.1, -0.05) is 143 Å². The van der Waals surface area contributed by atoms with E-state index in [1.165, 1.54) is 27.8 Å². The Kier molecular flexibility index (Phi) is 10.4. The smallest absolute Gasteiger partial charge is 0.399 e. The number of benzene rings is 4. The van der Waals surface area contributed by atoms with Crippen molar-refractivity contribution >= 4 is 35.1 Å². The Bertz CT molecular complexity index is 2110. The molecule has 6 rings (SSSR count). The third-order valence-corrected chi connectivity index (χ3v) is 11.0. The molecule has 0 bridgehead atoms. The fourth-order valence-corrected chi connectivity index (χ4v) is 7.24. The van der Waals surface area contributed by atoms with Crippen LogP contribution in [0.15, 0.2) is 152 Å². The third-order valence-electron chi connectivity index (χ3n) is 11.0. The van der Waals surface area contributed by atoms with Gasteiger partial charge in [-0.2, -0.15) is 0 Å². The number of hydrogen-bond acceptors (Lipinski definition) is 3. The van der Waals surface area contributed by atoms with Crippen molar-refractivity contribution in [2.75, 3.05) is 4.90 Å². The van der Waals surface area contributed by atoms with Gasteiger partial charge in [-0.05, 0) is 110 Å². The van der Waals surface area contributed by atoms with Crippen LogP contribution in [-0.4, -0.2) is 18.3 Å². The van der Waals surface area contributed by atoms with Crippen molar-refractivity contribution in [3.8, 4) is 11.1 Å². The summed E-state index contributed by atoms with van der Waals surface area (Å²) in [5.41, 5.74) is 12.7. The predicted octanol–water partition coefficient (Wildman–Crippen LogP) is 12.1. The highest BCUT2D eigenvalue weighted by molar-refractivity contribution is 6.62. The molecule has 1 heterocycles. The summed E-state index contributed by atoms with van der Waals surface area (Å²) < 4.78 is 12.7. The second-order valence-corrected chi connectivity index (χ2v) is 15.3. The molecule has 0 aromatic heterocycles. The lowest BCUT2D eigenvalue weighted by atomic mass is 9.78. The van der Waals surface area contributed by atoms with Gasteiger partial charge in [0.25, 0.3) is 0 Å². The van der Waals surface area contributed by atoms with Crippen LogP contribution < -0.4 is 10.4 Å². The minimum atomic E-state index is -0.403. The molecule has 1 aliphatic heterocycles. The number of para-hydroxylation sites is 1. The van der Waals surface area contributed by atoms with Crippen molar-refractivity contribution < 1.29 is 9.31 Å². The summed E-state index contributed by atoms with van der Waals surface area (Å²) in [6, 6.07) is 32.6. The minimum Gasteiger partial charge on any atom is -0.399 e. The fraction of sp³-hybridized carbons (Fsp3) is 0.250. The van der Waals surface area contributed by atoms with Gasteiger partial charge in [0.05, 0.1) is 16.9 Å². The molecule has 0 spiro atoms. The van der Waals surface area contributed by atoms with E-state index in [1.54, 1.807) is 0 Å². The quantitative estimate of drug-likeness (QED) is 0.116. The van der Waals surface area contributed by atoms with Crippen LogP contribution in [-0.2, 0) is 14.7 Å². The molecule has 1 saturated heterocycles. The minimum absolute atomic E-state index is 0.128. The van der Waals surface area contributed by atoms with E-state index in [9.17, 15) is 0 Å². The van der Waals surface area contributed by atoms with Crippen molar-refractivity contribution in [1.82, 2.24) is 0 Å². The van der Waals surface area contributed by atoms with E-state index in [4.69, 9.17) is 9.31 Å². The maximum Gasteiger partial charge on any atom is 0.494 e. The Morgan fingerprint density at radius 1 is 0.731 bits per heavy atom. The van der Waals surface area contributed by atoms with E-state index in [-0.39, 0.29) is 5.41 Å². The molecule has 0 radical (unpaired) electrons. The molecule has 52 heavy (non-hydrogen) atoms. The van der Waals surface area contributed by atoms with Crippen molar-refractivity contribution in [2.45, 2.75) is 78.4 Å². The van der Waals surface area contributed by atoms with Gasteiger partial charge in [0, 0.05) is 22.4 Å². The SMILES string of the molecule is C=C(/C=C\C=C/C)c1ccccc1N(C(=C)/C=C\C=C(/CC)c1cccc(B2OC(C)(C)C(C)(C)O2)c1)c1ccc2c(c1)C(C)(C)c1ccccc1-2. The van der Waals surface area contributed by atoms with Crippen molar-refractivity contribution in [2.24, 2.45) is 0 Å². The molecule has 264 valence electrons. The van der Waals surface area contributed by atoms with Crippen LogP contribution in [0.25, 0.3) is 22.3 Å². The summed E-state index contributed by atoms with van der Waals surface area (Å²) in [6.07, 6.45) is 15.4. The lowest BCUT2D eigenvalue weighted by molar-refractivity contribution is 0.00578. The van der Waals surface area contributed by atoms with Gasteiger partial charge in [-0.25, -0.2) is 0 Å². The molecule has 0 saturated carbocycles. The Labute approximate surface area is 312 Å². The number of nitrogens with zero attached hydrogens (tertiary/aromatic N) is 1. The van der Waals surface area contributed by atoms with Crippen LogP contribution in [0.4, 0.5) is 11.4 Å². The van der Waals surface area contributed by atoms with E-state index in [1.807, 2.05) is 25.2 Å². The predicted molar refractivity (Wildman–Crippen MR) is 224 cm³/mol. The van der Waals surface area contributed by atoms with Crippen LogP contribution in [0.5, 0.6) is 0 Å². The highest BCUT2D eigenvalue weighted by atomic mass is 16.7. The largest absolute Gasteiger partial charge is 0.494 e.